The van der Waals surface area contributed by atoms with Gasteiger partial charge in [-0.25, -0.2) is 4.68 Å². The van der Waals surface area contributed by atoms with Crippen LogP contribution in [0.25, 0.3) is 0 Å². The van der Waals surface area contributed by atoms with E-state index in [9.17, 15) is 0 Å². The molecule has 1 N–H and O–H groups in total. The Bertz CT molecular complexity index is 340. The average molecular weight is 255 g/mol. The fourth-order valence-corrected chi connectivity index (χ4v) is 3.48. The number of thioether (sulfide) groups is 1. The van der Waals surface area contributed by atoms with E-state index < -0.39 is 0 Å². The molecule has 0 radical (unpaired) electrons. The third kappa shape index (κ3) is 3.42. The van der Waals surface area contributed by atoms with Gasteiger partial charge in [0.2, 0.25) is 5.16 Å². The molecule has 96 valence electrons. The molecule has 1 heterocycles. The Morgan fingerprint density at radius 2 is 2.24 bits per heavy atom. The van der Waals surface area contributed by atoms with Gasteiger partial charge in [0, 0.05) is 18.3 Å². The van der Waals surface area contributed by atoms with Crippen LogP contribution in [0.1, 0.15) is 39.0 Å². The molecule has 5 nitrogen and oxygen atoms in total. The monoisotopic (exact) mass is 255 g/mol. The minimum Gasteiger partial charge on any atom is -0.313 e. The maximum Gasteiger partial charge on any atom is 0.209 e. The largest absolute Gasteiger partial charge is 0.313 e. The predicted octanol–water partition coefficient (Wildman–Crippen LogP) is 1.61. The van der Waals surface area contributed by atoms with E-state index in [-0.39, 0.29) is 0 Å². The first-order valence-electron chi connectivity index (χ1n) is 6.43. The molecule has 0 amide bonds. The maximum atomic E-state index is 4.06. The minimum absolute atomic E-state index is 0.611. The molecule has 17 heavy (non-hydrogen) atoms. The van der Waals surface area contributed by atoms with Crippen molar-refractivity contribution in [2.75, 3.05) is 6.54 Å². The quantitative estimate of drug-likeness (QED) is 0.866. The van der Waals surface area contributed by atoms with Crippen molar-refractivity contribution in [1.82, 2.24) is 25.5 Å². The molecule has 2 atom stereocenters. The summed E-state index contributed by atoms with van der Waals surface area (Å²) < 4.78 is 1.76. The predicted molar refractivity (Wildman–Crippen MR) is 69.0 cm³/mol. The van der Waals surface area contributed by atoms with Crippen LogP contribution in [0, 0.1) is 0 Å². The highest BCUT2D eigenvalue weighted by molar-refractivity contribution is 7.99. The topological polar surface area (TPSA) is 55.6 Å². The van der Waals surface area contributed by atoms with Crippen LogP contribution >= 0.6 is 11.8 Å². The van der Waals surface area contributed by atoms with Gasteiger partial charge >= 0.3 is 0 Å². The summed E-state index contributed by atoms with van der Waals surface area (Å²) in [6.45, 7) is 3.32. The Morgan fingerprint density at radius 3 is 2.94 bits per heavy atom. The second-order valence-corrected chi connectivity index (χ2v) is 5.79. The standard InChI is InChI=1S/C11H21N5S/c1-3-8-12-9-6-4-5-7-10(9)17-11-13-14-15-16(11)2/h9-10,12H,3-8H2,1-2H3. The Hall–Kier alpha value is -0.620. The molecule has 0 spiro atoms. The highest BCUT2D eigenvalue weighted by atomic mass is 32.2. The van der Waals surface area contributed by atoms with Gasteiger partial charge in [-0.3, -0.25) is 0 Å². The summed E-state index contributed by atoms with van der Waals surface area (Å²) in [6, 6.07) is 0.616. The molecule has 2 unspecified atom stereocenters. The normalized spacial score (nSPS) is 25.1. The highest BCUT2D eigenvalue weighted by Crippen LogP contribution is 2.32. The van der Waals surface area contributed by atoms with Crippen molar-refractivity contribution in [3.05, 3.63) is 0 Å². The Balaban J connectivity index is 1.94. The molecule has 1 aliphatic carbocycles. The summed E-state index contributed by atoms with van der Waals surface area (Å²) in [5.41, 5.74) is 0. The lowest BCUT2D eigenvalue weighted by atomic mass is 9.95. The van der Waals surface area contributed by atoms with Crippen LogP contribution in [0.2, 0.25) is 0 Å². The van der Waals surface area contributed by atoms with Crippen LogP contribution in [0.5, 0.6) is 0 Å². The molecule has 1 aliphatic rings. The van der Waals surface area contributed by atoms with Gasteiger partial charge in [0.25, 0.3) is 0 Å². The summed E-state index contributed by atoms with van der Waals surface area (Å²) in [4.78, 5) is 0. The highest BCUT2D eigenvalue weighted by Gasteiger charge is 2.26. The lowest BCUT2D eigenvalue weighted by Gasteiger charge is -2.31. The van der Waals surface area contributed by atoms with E-state index in [1.165, 1.54) is 32.1 Å². The molecular weight excluding hydrogens is 234 g/mol. The third-order valence-corrected chi connectivity index (χ3v) is 4.62. The van der Waals surface area contributed by atoms with E-state index >= 15 is 0 Å². The molecule has 0 bridgehead atoms. The van der Waals surface area contributed by atoms with Crippen molar-refractivity contribution in [1.29, 1.82) is 0 Å². The number of hydrogen-bond donors (Lipinski definition) is 1. The number of aryl methyl sites for hydroxylation is 1. The molecule has 6 heteroatoms. The van der Waals surface area contributed by atoms with E-state index in [1.54, 1.807) is 4.68 Å². The van der Waals surface area contributed by atoms with E-state index in [0.29, 0.717) is 11.3 Å². The maximum absolute atomic E-state index is 4.06. The molecule has 0 saturated heterocycles. The second-order valence-electron chi connectivity index (χ2n) is 4.59. The number of hydrogen-bond acceptors (Lipinski definition) is 5. The van der Waals surface area contributed by atoms with Crippen LogP contribution in [0.3, 0.4) is 0 Å². The van der Waals surface area contributed by atoms with Crippen molar-refractivity contribution in [3.63, 3.8) is 0 Å². The third-order valence-electron chi connectivity index (χ3n) is 3.20. The van der Waals surface area contributed by atoms with E-state index in [2.05, 4.69) is 27.8 Å². The average Bonchev–Trinajstić information content (AvgIpc) is 2.74. The van der Waals surface area contributed by atoms with Gasteiger partial charge in [-0.05, 0) is 36.2 Å². The van der Waals surface area contributed by atoms with Gasteiger partial charge in [-0.2, -0.15) is 0 Å². The molecule has 0 aromatic carbocycles. The second kappa shape index (κ2) is 6.35. The Labute approximate surface area is 107 Å². The zero-order valence-corrected chi connectivity index (χ0v) is 11.4. The smallest absolute Gasteiger partial charge is 0.209 e. The van der Waals surface area contributed by atoms with Crippen molar-refractivity contribution in [2.24, 2.45) is 7.05 Å². The number of nitrogens with zero attached hydrogens (tertiary/aromatic N) is 4. The van der Waals surface area contributed by atoms with Gasteiger partial charge in [0.1, 0.15) is 0 Å². The van der Waals surface area contributed by atoms with Crippen molar-refractivity contribution < 1.29 is 0 Å². The van der Waals surface area contributed by atoms with Crippen LogP contribution in [0.4, 0.5) is 0 Å². The first kappa shape index (κ1) is 12.8. The molecule has 1 saturated carbocycles. The zero-order valence-electron chi connectivity index (χ0n) is 10.6. The number of nitrogens with one attached hydrogen (secondary N) is 1. The van der Waals surface area contributed by atoms with Gasteiger partial charge in [0.05, 0.1) is 0 Å². The van der Waals surface area contributed by atoms with Crippen LogP contribution in [-0.2, 0) is 7.05 Å². The Morgan fingerprint density at radius 1 is 1.41 bits per heavy atom. The fourth-order valence-electron chi connectivity index (χ4n) is 2.26. The van der Waals surface area contributed by atoms with Gasteiger partial charge in [0.15, 0.2) is 0 Å². The van der Waals surface area contributed by atoms with E-state index in [1.807, 2.05) is 18.8 Å². The first-order chi connectivity index (χ1) is 8.31. The fraction of sp³-hybridized carbons (Fsp3) is 0.909. The summed E-state index contributed by atoms with van der Waals surface area (Å²) in [6.07, 6.45) is 6.41. The number of tetrazole rings is 1. The van der Waals surface area contributed by atoms with Gasteiger partial charge in [-0.15, -0.1) is 5.10 Å². The minimum atomic E-state index is 0.611. The SMILES string of the molecule is CCCNC1CCCCC1Sc1nnnn1C. The number of aromatic nitrogens is 4. The molecule has 1 aromatic heterocycles. The molecule has 1 aromatic rings. The van der Waals surface area contributed by atoms with Crippen LogP contribution < -0.4 is 5.32 Å². The first-order valence-corrected chi connectivity index (χ1v) is 7.31. The molecule has 2 rings (SSSR count). The zero-order chi connectivity index (χ0) is 12.1. The Kier molecular flexibility index (Phi) is 4.79. The summed E-state index contributed by atoms with van der Waals surface area (Å²) >= 11 is 1.82. The van der Waals surface area contributed by atoms with E-state index in [0.717, 1.165) is 11.7 Å². The van der Waals surface area contributed by atoms with E-state index in [4.69, 9.17) is 0 Å². The van der Waals surface area contributed by atoms with Crippen LogP contribution in [-0.4, -0.2) is 38.0 Å². The van der Waals surface area contributed by atoms with Gasteiger partial charge < -0.3 is 5.32 Å². The molecular formula is C11H21N5S. The summed E-state index contributed by atoms with van der Waals surface area (Å²) in [7, 11) is 1.90. The lowest BCUT2D eigenvalue weighted by molar-refractivity contribution is 0.384. The van der Waals surface area contributed by atoms with Crippen LogP contribution in [0.15, 0.2) is 5.16 Å². The van der Waals surface area contributed by atoms with Crippen molar-refractivity contribution in [3.8, 4) is 0 Å². The number of rotatable bonds is 5. The summed E-state index contributed by atoms with van der Waals surface area (Å²) in [5.74, 6) is 0. The van der Waals surface area contributed by atoms with Crippen molar-refractivity contribution in [2.45, 2.75) is 55.5 Å². The lowest BCUT2D eigenvalue weighted by Crippen LogP contribution is -2.40. The van der Waals surface area contributed by atoms with Crippen molar-refractivity contribution >= 4 is 11.8 Å². The summed E-state index contributed by atoms with van der Waals surface area (Å²) in [5, 5.41) is 16.8. The molecule has 1 fully saturated rings. The van der Waals surface area contributed by atoms with Gasteiger partial charge in [-0.1, -0.05) is 31.5 Å². The molecule has 0 aliphatic heterocycles.